The zero-order chi connectivity index (χ0) is 14.7. The standard InChI is InChI=1S/C18H27NS/c1-17(2,3)15-11-13-12-9-7-8-10-14(12)20-16(13)19(15)18(4,5)6/h7-10,13,15-16H,11H2,1-6H3. The van der Waals surface area contributed by atoms with E-state index in [4.69, 9.17) is 0 Å². The second-order valence-corrected chi connectivity index (χ2v) is 9.51. The Bertz CT molecular complexity index is 509. The molecule has 3 unspecified atom stereocenters. The van der Waals surface area contributed by atoms with E-state index >= 15 is 0 Å². The van der Waals surface area contributed by atoms with Crippen molar-refractivity contribution in [2.75, 3.05) is 0 Å². The van der Waals surface area contributed by atoms with E-state index in [1.165, 1.54) is 11.3 Å². The van der Waals surface area contributed by atoms with Crippen LogP contribution in [0.3, 0.4) is 0 Å². The van der Waals surface area contributed by atoms with E-state index in [9.17, 15) is 0 Å². The molecule has 2 aliphatic heterocycles. The molecular formula is C18H27NS. The Morgan fingerprint density at radius 1 is 1.05 bits per heavy atom. The van der Waals surface area contributed by atoms with Gasteiger partial charge < -0.3 is 0 Å². The summed E-state index contributed by atoms with van der Waals surface area (Å²) in [6, 6.07) is 9.69. The molecule has 0 spiro atoms. The fraction of sp³-hybridized carbons (Fsp3) is 0.667. The Kier molecular flexibility index (Phi) is 3.26. The van der Waals surface area contributed by atoms with Gasteiger partial charge in [0.25, 0.3) is 0 Å². The molecule has 1 aromatic rings. The van der Waals surface area contributed by atoms with Crippen molar-refractivity contribution in [3.8, 4) is 0 Å². The Balaban J connectivity index is 2.01. The van der Waals surface area contributed by atoms with Gasteiger partial charge in [0.2, 0.25) is 0 Å². The molecule has 1 aromatic carbocycles. The quantitative estimate of drug-likeness (QED) is 0.652. The lowest BCUT2D eigenvalue weighted by Gasteiger charge is -2.45. The van der Waals surface area contributed by atoms with E-state index < -0.39 is 0 Å². The van der Waals surface area contributed by atoms with Crippen molar-refractivity contribution in [3.63, 3.8) is 0 Å². The minimum absolute atomic E-state index is 0.229. The maximum Gasteiger partial charge on any atom is 0.0681 e. The van der Waals surface area contributed by atoms with Gasteiger partial charge in [0.05, 0.1) is 5.37 Å². The van der Waals surface area contributed by atoms with Crippen LogP contribution in [0.2, 0.25) is 0 Å². The van der Waals surface area contributed by atoms with Crippen molar-refractivity contribution in [2.24, 2.45) is 5.41 Å². The van der Waals surface area contributed by atoms with E-state index in [2.05, 4.69) is 82.5 Å². The van der Waals surface area contributed by atoms with E-state index in [1.807, 2.05) is 0 Å². The third-order valence-corrected chi connectivity index (χ3v) is 6.19. The summed E-state index contributed by atoms with van der Waals surface area (Å²) in [6.45, 7) is 14.3. The molecule has 1 fully saturated rings. The summed E-state index contributed by atoms with van der Waals surface area (Å²) in [4.78, 5) is 4.30. The second-order valence-electron chi connectivity index (χ2n) is 8.35. The van der Waals surface area contributed by atoms with Gasteiger partial charge in [-0.1, -0.05) is 39.0 Å². The van der Waals surface area contributed by atoms with Crippen LogP contribution in [0.5, 0.6) is 0 Å². The van der Waals surface area contributed by atoms with Crippen molar-refractivity contribution in [2.45, 2.75) is 75.7 Å². The number of rotatable bonds is 0. The third-order valence-electron chi connectivity index (χ3n) is 4.77. The zero-order valence-corrected chi connectivity index (χ0v) is 14.4. The molecule has 0 aliphatic carbocycles. The van der Waals surface area contributed by atoms with Crippen molar-refractivity contribution >= 4 is 11.8 Å². The number of fused-ring (bicyclic) bond motifs is 3. The molecule has 0 N–H and O–H groups in total. The summed E-state index contributed by atoms with van der Waals surface area (Å²) < 4.78 is 0. The van der Waals surface area contributed by atoms with E-state index in [1.54, 1.807) is 5.56 Å². The molecule has 1 saturated heterocycles. The summed E-state index contributed by atoms with van der Waals surface area (Å²) in [5.74, 6) is 0.708. The molecule has 110 valence electrons. The molecule has 1 nitrogen and oxygen atoms in total. The highest BCUT2D eigenvalue weighted by atomic mass is 32.2. The predicted molar refractivity (Wildman–Crippen MR) is 88.3 cm³/mol. The summed E-state index contributed by atoms with van der Waals surface area (Å²) in [7, 11) is 0. The monoisotopic (exact) mass is 289 g/mol. The summed E-state index contributed by atoms with van der Waals surface area (Å²) in [6.07, 6.45) is 1.30. The van der Waals surface area contributed by atoms with Crippen LogP contribution in [0.25, 0.3) is 0 Å². The number of likely N-dealkylation sites (tertiary alicyclic amines) is 1. The highest BCUT2D eigenvalue weighted by Crippen LogP contribution is 2.57. The van der Waals surface area contributed by atoms with Crippen LogP contribution in [0.4, 0.5) is 0 Å². The Morgan fingerprint density at radius 3 is 2.30 bits per heavy atom. The van der Waals surface area contributed by atoms with Gasteiger partial charge >= 0.3 is 0 Å². The van der Waals surface area contributed by atoms with Crippen LogP contribution in [0.15, 0.2) is 29.2 Å². The molecule has 0 aromatic heterocycles. The normalized spacial score (nSPS) is 30.4. The molecule has 0 bridgehead atoms. The van der Waals surface area contributed by atoms with E-state index in [0.29, 0.717) is 22.7 Å². The minimum Gasteiger partial charge on any atom is -0.282 e. The highest BCUT2D eigenvalue weighted by molar-refractivity contribution is 8.00. The van der Waals surface area contributed by atoms with Gasteiger partial charge in [-0.2, -0.15) is 0 Å². The van der Waals surface area contributed by atoms with Gasteiger partial charge in [-0.25, -0.2) is 0 Å². The maximum atomic E-state index is 2.79. The fourth-order valence-corrected chi connectivity index (χ4v) is 5.68. The molecule has 3 atom stereocenters. The molecule has 3 rings (SSSR count). The Hall–Kier alpha value is -0.470. The molecule has 0 amide bonds. The number of thioether (sulfide) groups is 1. The third kappa shape index (κ3) is 2.21. The van der Waals surface area contributed by atoms with Crippen LogP contribution in [0, 0.1) is 5.41 Å². The average molecular weight is 289 g/mol. The first-order valence-electron chi connectivity index (χ1n) is 7.73. The molecule has 2 aliphatic rings. The average Bonchev–Trinajstić information content (AvgIpc) is 2.81. The number of hydrogen-bond donors (Lipinski definition) is 0. The van der Waals surface area contributed by atoms with Crippen LogP contribution in [0.1, 0.15) is 59.4 Å². The van der Waals surface area contributed by atoms with Crippen molar-refractivity contribution in [3.05, 3.63) is 29.8 Å². The lowest BCUT2D eigenvalue weighted by atomic mass is 9.81. The second kappa shape index (κ2) is 4.51. The van der Waals surface area contributed by atoms with Gasteiger partial charge in [-0.05, 0) is 44.2 Å². The van der Waals surface area contributed by atoms with Gasteiger partial charge in [0.1, 0.15) is 0 Å². The molecule has 0 radical (unpaired) electrons. The first-order chi connectivity index (χ1) is 9.19. The van der Waals surface area contributed by atoms with E-state index in [0.717, 1.165) is 0 Å². The lowest BCUT2D eigenvalue weighted by molar-refractivity contribution is 0.0491. The van der Waals surface area contributed by atoms with Crippen molar-refractivity contribution < 1.29 is 0 Å². The smallest absolute Gasteiger partial charge is 0.0681 e. The predicted octanol–water partition coefficient (Wildman–Crippen LogP) is 5.12. The summed E-state index contributed by atoms with van der Waals surface area (Å²) >= 11 is 2.09. The fourth-order valence-electron chi connectivity index (χ4n) is 3.91. The molecule has 0 saturated carbocycles. The number of benzene rings is 1. The van der Waals surface area contributed by atoms with Crippen LogP contribution in [-0.2, 0) is 0 Å². The largest absolute Gasteiger partial charge is 0.282 e. The lowest BCUT2D eigenvalue weighted by Crippen LogP contribution is -2.52. The van der Waals surface area contributed by atoms with Crippen molar-refractivity contribution in [1.29, 1.82) is 0 Å². The zero-order valence-electron chi connectivity index (χ0n) is 13.6. The van der Waals surface area contributed by atoms with Crippen molar-refractivity contribution in [1.82, 2.24) is 4.90 Å². The molecular weight excluding hydrogens is 262 g/mol. The van der Waals surface area contributed by atoms with E-state index in [-0.39, 0.29) is 5.54 Å². The van der Waals surface area contributed by atoms with Gasteiger partial charge in [0, 0.05) is 22.4 Å². The van der Waals surface area contributed by atoms with Gasteiger partial charge in [0.15, 0.2) is 0 Å². The van der Waals surface area contributed by atoms with Crippen LogP contribution < -0.4 is 0 Å². The highest BCUT2D eigenvalue weighted by Gasteiger charge is 2.53. The van der Waals surface area contributed by atoms with Crippen LogP contribution in [-0.4, -0.2) is 21.9 Å². The first kappa shape index (κ1) is 14.5. The number of hydrogen-bond acceptors (Lipinski definition) is 2. The molecule has 2 heteroatoms. The summed E-state index contributed by atoms with van der Waals surface area (Å²) in [5.41, 5.74) is 2.16. The SMILES string of the molecule is CC(C)(C)C1CC2c3ccccc3SC2N1C(C)(C)C. The molecule has 20 heavy (non-hydrogen) atoms. The molecule has 2 heterocycles. The Labute approximate surface area is 128 Å². The van der Waals surface area contributed by atoms with Gasteiger partial charge in [-0.15, -0.1) is 11.8 Å². The summed E-state index contributed by atoms with van der Waals surface area (Å²) in [5, 5.41) is 0.622. The maximum absolute atomic E-state index is 2.79. The van der Waals surface area contributed by atoms with Crippen LogP contribution >= 0.6 is 11.8 Å². The number of nitrogens with zero attached hydrogens (tertiary/aromatic N) is 1. The first-order valence-corrected chi connectivity index (χ1v) is 8.61. The topological polar surface area (TPSA) is 3.24 Å². The minimum atomic E-state index is 0.229. The van der Waals surface area contributed by atoms with Gasteiger partial charge in [-0.3, -0.25) is 4.90 Å². The Morgan fingerprint density at radius 2 is 1.70 bits per heavy atom.